The summed E-state index contributed by atoms with van der Waals surface area (Å²) in [6.45, 7) is -0.0147. The van der Waals surface area contributed by atoms with Crippen molar-refractivity contribution < 1.29 is 13.2 Å². The largest absolute Gasteiger partial charge is 0.484 e. The number of fused-ring (bicyclic) bond motifs is 1. The van der Waals surface area contributed by atoms with Gasteiger partial charge in [-0.25, -0.2) is 0 Å². The molecule has 76 valence electrons. The van der Waals surface area contributed by atoms with Gasteiger partial charge in [0.1, 0.15) is 0 Å². The molecule has 1 nitrogen and oxygen atoms in total. The third-order valence-electron chi connectivity index (χ3n) is 2.24. The molecule has 0 saturated heterocycles. The van der Waals surface area contributed by atoms with Crippen LogP contribution in [0.5, 0.6) is 0 Å². The number of nitrogens with zero attached hydrogens (tertiary/aromatic N) is 1. The van der Waals surface area contributed by atoms with Crippen LogP contribution in [-0.4, -0.2) is 12.8 Å². The van der Waals surface area contributed by atoms with E-state index >= 15 is 0 Å². The van der Waals surface area contributed by atoms with Crippen LogP contribution < -0.4 is 4.90 Å². The van der Waals surface area contributed by atoms with E-state index in [-0.39, 0.29) is 12.2 Å². The molecule has 0 aromatic heterocycles. The van der Waals surface area contributed by atoms with Crippen molar-refractivity contribution in [1.82, 2.24) is 0 Å². The number of alkyl halides is 3. The Morgan fingerprint density at radius 2 is 2.00 bits per heavy atom. The van der Waals surface area contributed by atoms with Crippen molar-refractivity contribution in [3.05, 3.63) is 28.8 Å². The van der Waals surface area contributed by atoms with Crippen molar-refractivity contribution in [2.45, 2.75) is 12.7 Å². The van der Waals surface area contributed by atoms with Gasteiger partial charge in [-0.05, 0) is 30.2 Å². The zero-order valence-corrected chi connectivity index (χ0v) is 7.86. The van der Waals surface area contributed by atoms with Gasteiger partial charge in [-0.1, -0.05) is 11.6 Å². The number of anilines is 1. The lowest BCUT2D eigenvalue weighted by molar-refractivity contribution is -0.127. The molecule has 0 N–H and O–H groups in total. The molecule has 0 radical (unpaired) electrons. The first-order chi connectivity index (χ1) is 6.48. The SMILES string of the molecule is FC(F)(F)N1CCc2cc(Cl)ccc21. The van der Waals surface area contributed by atoms with Crippen molar-refractivity contribution in [2.75, 3.05) is 11.4 Å². The lowest BCUT2D eigenvalue weighted by atomic mass is 10.2. The van der Waals surface area contributed by atoms with E-state index in [1.165, 1.54) is 12.1 Å². The van der Waals surface area contributed by atoms with Crippen LogP contribution in [0, 0.1) is 0 Å². The fraction of sp³-hybridized carbons (Fsp3) is 0.333. The maximum atomic E-state index is 12.4. The van der Waals surface area contributed by atoms with E-state index in [0.717, 1.165) is 0 Å². The summed E-state index contributed by atoms with van der Waals surface area (Å²) in [6.07, 6.45) is -3.89. The van der Waals surface area contributed by atoms with Gasteiger partial charge in [-0.15, -0.1) is 0 Å². The van der Waals surface area contributed by atoms with Crippen LogP contribution in [0.15, 0.2) is 18.2 Å². The third-order valence-corrected chi connectivity index (χ3v) is 2.48. The highest BCUT2D eigenvalue weighted by molar-refractivity contribution is 6.30. The second kappa shape index (κ2) is 3.05. The molecule has 0 atom stereocenters. The van der Waals surface area contributed by atoms with E-state index in [1.54, 1.807) is 6.07 Å². The molecule has 0 bridgehead atoms. The summed E-state index contributed by atoms with van der Waals surface area (Å²) in [5.74, 6) is 0. The molecule has 0 aliphatic carbocycles. The molecular formula is C9H7ClF3N. The third kappa shape index (κ3) is 1.54. The Morgan fingerprint density at radius 1 is 1.29 bits per heavy atom. The fourth-order valence-electron chi connectivity index (χ4n) is 1.63. The van der Waals surface area contributed by atoms with E-state index in [9.17, 15) is 13.2 Å². The lowest BCUT2D eigenvalue weighted by Crippen LogP contribution is -2.36. The van der Waals surface area contributed by atoms with Crippen LogP contribution in [0.1, 0.15) is 5.56 Å². The second-order valence-electron chi connectivity index (χ2n) is 3.14. The zero-order chi connectivity index (χ0) is 10.3. The molecule has 14 heavy (non-hydrogen) atoms. The Morgan fingerprint density at radius 3 is 2.64 bits per heavy atom. The Labute approximate surface area is 84.1 Å². The molecule has 1 aromatic carbocycles. The first kappa shape index (κ1) is 9.65. The highest BCUT2D eigenvalue weighted by atomic mass is 35.5. The number of hydrogen-bond acceptors (Lipinski definition) is 1. The first-order valence-corrected chi connectivity index (χ1v) is 4.49. The van der Waals surface area contributed by atoms with Crippen LogP contribution in [0.25, 0.3) is 0 Å². The van der Waals surface area contributed by atoms with Gasteiger partial charge < -0.3 is 0 Å². The number of rotatable bonds is 0. The second-order valence-corrected chi connectivity index (χ2v) is 3.58. The van der Waals surface area contributed by atoms with Gasteiger partial charge in [0.25, 0.3) is 0 Å². The highest BCUT2D eigenvalue weighted by Crippen LogP contribution is 2.37. The highest BCUT2D eigenvalue weighted by Gasteiger charge is 2.40. The molecule has 0 spiro atoms. The summed E-state index contributed by atoms with van der Waals surface area (Å²) in [4.78, 5) is 0.443. The Hall–Kier alpha value is -0.900. The molecule has 0 fully saturated rings. The minimum absolute atomic E-state index is 0.0147. The molecule has 0 saturated carbocycles. The van der Waals surface area contributed by atoms with E-state index < -0.39 is 6.30 Å². The minimum atomic E-state index is -4.29. The summed E-state index contributed by atoms with van der Waals surface area (Å²) in [7, 11) is 0. The van der Waals surface area contributed by atoms with Crippen molar-refractivity contribution in [3.63, 3.8) is 0 Å². The predicted octanol–water partition coefficient (Wildman–Crippen LogP) is 3.22. The molecule has 1 aliphatic rings. The topological polar surface area (TPSA) is 3.24 Å². The van der Waals surface area contributed by atoms with Crippen molar-refractivity contribution >= 4 is 17.3 Å². The van der Waals surface area contributed by atoms with Crippen LogP contribution >= 0.6 is 11.6 Å². The summed E-state index contributed by atoms with van der Waals surface area (Å²) in [5.41, 5.74) is 0.886. The van der Waals surface area contributed by atoms with Crippen LogP contribution in [0.3, 0.4) is 0 Å². The van der Waals surface area contributed by atoms with E-state index in [2.05, 4.69) is 0 Å². The molecule has 5 heteroatoms. The van der Waals surface area contributed by atoms with E-state index in [4.69, 9.17) is 11.6 Å². The fourth-order valence-corrected chi connectivity index (χ4v) is 1.83. The summed E-state index contributed by atoms with van der Waals surface area (Å²) in [5, 5.41) is 0.479. The van der Waals surface area contributed by atoms with Gasteiger partial charge in [-0.3, -0.25) is 4.90 Å². The number of halogens is 4. The van der Waals surface area contributed by atoms with E-state index in [1.807, 2.05) is 0 Å². The maximum absolute atomic E-state index is 12.4. The van der Waals surface area contributed by atoms with Gasteiger partial charge in [-0.2, -0.15) is 13.2 Å². The smallest absolute Gasteiger partial charge is 0.283 e. The average Bonchev–Trinajstić information content (AvgIpc) is 2.45. The average molecular weight is 222 g/mol. The predicted molar refractivity (Wildman–Crippen MR) is 48.6 cm³/mol. The molecule has 0 unspecified atom stereocenters. The van der Waals surface area contributed by atoms with Crippen LogP contribution in [0.4, 0.5) is 18.9 Å². The van der Waals surface area contributed by atoms with Crippen LogP contribution in [0.2, 0.25) is 5.02 Å². The standard InChI is InChI=1S/C9H7ClF3N/c10-7-1-2-8-6(5-7)3-4-14(8)9(11,12)13/h1-2,5H,3-4H2. The van der Waals surface area contributed by atoms with Gasteiger partial charge in [0.05, 0.1) is 0 Å². The van der Waals surface area contributed by atoms with Crippen molar-refractivity contribution in [2.24, 2.45) is 0 Å². The monoisotopic (exact) mass is 221 g/mol. The Balaban J connectivity index is 2.41. The zero-order valence-electron chi connectivity index (χ0n) is 7.11. The van der Waals surface area contributed by atoms with Gasteiger partial charge in [0, 0.05) is 17.3 Å². The molecular weight excluding hydrogens is 215 g/mol. The molecule has 1 aromatic rings. The Kier molecular flexibility index (Phi) is 2.10. The van der Waals surface area contributed by atoms with Crippen molar-refractivity contribution in [1.29, 1.82) is 0 Å². The maximum Gasteiger partial charge on any atom is 0.484 e. The van der Waals surface area contributed by atoms with Crippen LogP contribution in [-0.2, 0) is 6.42 Å². The molecule has 2 rings (SSSR count). The summed E-state index contributed by atoms with van der Waals surface area (Å²) < 4.78 is 37.3. The van der Waals surface area contributed by atoms with Gasteiger partial charge in [0.2, 0.25) is 0 Å². The molecule has 0 amide bonds. The normalized spacial score (nSPS) is 15.9. The van der Waals surface area contributed by atoms with Gasteiger partial charge >= 0.3 is 6.30 Å². The summed E-state index contributed by atoms with van der Waals surface area (Å²) in [6, 6.07) is 4.48. The number of benzene rings is 1. The number of hydrogen-bond donors (Lipinski definition) is 0. The van der Waals surface area contributed by atoms with Crippen molar-refractivity contribution in [3.8, 4) is 0 Å². The Bertz CT molecular complexity index is 362. The first-order valence-electron chi connectivity index (χ1n) is 4.11. The van der Waals surface area contributed by atoms with E-state index in [0.29, 0.717) is 21.9 Å². The molecule has 1 heterocycles. The summed E-state index contributed by atoms with van der Waals surface area (Å²) >= 11 is 5.69. The molecule has 1 aliphatic heterocycles. The van der Waals surface area contributed by atoms with Gasteiger partial charge in [0.15, 0.2) is 0 Å². The lowest BCUT2D eigenvalue weighted by Gasteiger charge is -2.21. The minimum Gasteiger partial charge on any atom is -0.283 e. The quantitative estimate of drug-likeness (QED) is 0.608.